The van der Waals surface area contributed by atoms with Crippen LogP contribution in [0.3, 0.4) is 0 Å². The van der Waals surface area contributed by atoms with Crippen LogP contribution in [-0.4, -0.2) is 179 Å². The Bertz CT molecular complexity index is 907. The Balaban J connectivity index is 0.000000327. The van der Waals surface area contributed by atoms with Crippen molar-refractivity contribution in [1.82, 2.24) is 21.3 Å². The number of nitrogens with one attached hydrogen (secondary N) is 4. The molecule has 4 rings (SSSR count). The first-order valence-corrected chi connectivity index (χ1v) is 18.5. The third-order valence-electron chi connectivity index (χ3n) is 10.2. The predicted octanol–water partition coefficient (Wildman–Crippen LogP) is -2.76. The molecule has 4 fully saturated rings. The molecule has 0 amide bonds. The Morgan fingerprint density at radius 2 is 1.02 bits per heavy atom. The first-order valence-electron chi connectivity index (χ1n) is 18.5. The summed E-state index contributed by atoms with van der Waals surface area (Å²) in [5.41, 5.74) is 24.8. The van der Waals surface area contributed by atoms with Gasteiger partial charge in [-0.2, -0.15) is 0 Å². The van der Waals surface area contributed by atoms with Gasteiger partial charge in [0.25, 0.3) is 0 Å². The van der Waals surface area contributed by atoms with Crippen LogP contribution in [0.15, 0.2) is 0 Å². The van der Waals surface area contributed by atoms with Crippen molar-refractivity contribution in [2.45, 2.75) is 150 Å². The molecule has 2 heterocycles. The van der Waals surface area contributed by atoms with Crippen molar-refractivity contribution in [3.8, 4) is 0 Å². The van der Waals surface area contributed by atoms with Crippen molar-refractivity contribution in [2.24, 2.45) is 22.9 Å². The van der Waals surface area contributed by atoms with Gasteiger partial charge in [0.1, 0.15) is 12.2 Å². The maximum atomic E-state index is 10.7. The van der Waals surface area contributed by atoms with Gasteiger partial charge >= 0.3 is 6.16 Å². The summed E-state index contributed by atoms with van der Waals surface area (Å²) in [6, 6.07) is -1.57. The van der Waals surface area contributed by atoms with Crippen LogP contribution in [-0.2, 0) is 28.4 Å². The zero-order chi connectivity index (χ0) is 39.0. The van der Waals surface area contributed by atoms with Crippen LogP contribution in [0.5, 0.6) is 0 Å². The summed E-state index contributed by atoms with van der Waals surface area (Å²) in [6.45, 7) is 7.45. The molecule has 4 aliphatic rings. The van der Waals surface area contributed by atoms with Gasteiger partial charge in [0.15, 0.2) is 12.6 Å². The molecule has 2 saturated carbocycles. The van der Waals surface area contributed by atoms with Crippen molar-refractivity contribution < 1.29 is 53.6 Å². The summed E-state index contributed by atoms with van der Waals surface area (Å²) < 4.78 is 35.0. The third kappa shape index (κ3) is 14.0. The quantitative estimate of drug-likeness (QED) is 0.0855. The molecular weight excluding hydrogens is 684 g/mol. The normalized spacial score (nSPS) is 40.8. The van der Waals surface area contributed by atoms with Crippen LogP contribution < -0.4 is 44.2 Å². The number of rotatable bonds is 14. The van der Waals surface area contributed by atoms with Crippen molar-refractivity contribution in [2.75, 3.05) is 54.5 Å². The van der Waals surface area contributed by atoms with E-state index in [4.69, 9.17) is 66.4 Å². The minimum Gasteiger partial charge on any atom is -0.450 e. The molecule has 0 aromatic carbocycles. The molecule has 2 saturated heterocycles. The predicted molar refractivity (Wildman–Crippen MR) is 194 cm³/mol. The number of ether oxygens (including phenoxy) is 6. The molecule has 0 aromatic heterocycles. The molecular formula is C33H70N8O11. The van der Waals surface area contributed by atoms with Crippen molar-refractivity contribution >= 4 is 6.16 Å². The maximum absolute atomic E-state index is 10.7. The monoisotopic (exact) mass is 755 g/mol. The molecule has 0 spiro atoms. The standard InChI is InChI=1S/2C16H34N4O4.CH2O3/c2*1-4-20-8-9-5-6-10(17)16(23-9)24-15-11(18)7-12(22-3)13(19-2)14(15)21;2-1(3)4/h2*9-16,19-21H,4-8,17-18H2,1-3H3;(H2,2,3,4). The molecule has 16 atom stereocenters. The number of aliphatic hydroxyl groups excluding tert-OH is 2. The topological polar surface area (TPSA) is 306 Å². The Hall–Kier alpha value is -1.37. The molecule has 16 N–H and O–H groups in total. The first-order chi connectivity index (χ1) is 24.8. The lowest BCUT2D eigenvalue weighted by Crippen LogP contribution is -2.65. The molecule has 0 bridgehead atoms. The van der Waals surface area contributed by atoms with E-state index in [0.29, 0.717) is 12.8 Å². The number of likely N-dealkylation sites (N-methyl/N-ethyl adjacent to an activating group) is 4. The highest BCUT2D eigenvalue weighted by atomic mass is 16.7. The van der Waals surface area contributed by atoms with Crippen LogP contribution in [0.1, 0.15) is 52.4 Å². The summed E-state index contributed by atoms with van der Waals surface area (Å²) in [6.07, 6.45) is -1.08. The summed E-state index contributed by atoms with van der Waals surface area (Å²) in [4.78, 5) is 8.56. The third-order valence-corrected chi connectivity index (χ3v) is 10.2. The van der Waals surface area contributed by atoms with Gasteiger partial charge < -0.3 is 93.0 Å². The Labute approximate surface area is 308 Å². The zero-order valence-electron chi connectivity index (χ0n) is 31.8. The second kappa shape index (κ2) is 24.2. The number of carbonyl (C=O) groups is 1. The summed E-state index contributed by atoms with van der Waals surface area (Å²) >= 11 is 0. The minimum atomic E-state index is -1.83. The van der Waals surface area contributed by atoms with Crippen molar-refractivity contribution in [3.05, 3.63) is 0 Å². The second-order valence-electron chi connectivity index (χ2n) is 13.8. The van der Waals surface area contributed by atoms with E-state index in [0.717, 1.165) is 51.9 Å². The molecule has 16 unspecified atom stereocenters. The highest BCUT2D eigenvalue weighted by Gasteiger charge is 2.47. The van der Waals surface area contributed by atoms with Crippen molar-refractivity contribution in [3.63, 3.8) is 0 Å². The zero-order valence-corrected chi connectivity index (χ0v) is 31.8. The smallest absolute Gasteiger partial charge is 0.450 e. The molecule has 0 radical (unpaired) electrons. The fourth-order valence-electron chi connectivity index (χ4n) is 7.25. The Kier molecular flexibility index (Phi) is 21.8. The lowest BCUT2D eigenvalue weighted by atomic mass is 9.84. The fourth-order valence-corrected chi connectivity index (χ4v) is 7.25. The van der Waals surface area contributed by atoms with Crippen LogP contribution in [0.4, 0.5) is 4.79 Å². The number of hydrogen-bond acceptors (Lipinski definition) is 17. The van der Waals surface area contributed by atoms with Gasteiger partial charge in [0, 0.05) is 39.4 Å². The largest absolute Gasteiger partial charge is 0.503 e. The van der Waals surface area contributed by atoms with E-state index in [1.807, 2.05) is 0 Å². The highest BCUT2D eigenvalue weighted by Crippen LogP contribution is 2.29. The van der Waals surface area contributed by atoms with Crippen LogP contribution in [0.2, 0.25) is 0 Å². The fraction of sp³-hybridized carbons (Fsp3) is 0.970. The average molecular weight is 755 g/mol. The lowest BCUT2D eigenvalue weighted by Gasteiger charge is -2.45. The van der Waals surface area contributed by atoms with Crippen LogP contribution in [0.25, 0.3) is 0 Å². The van der Waals surface area contributed by atoms with Gasteiger partial charge in [-0.25, -0.2) is 4.79 Å². The first kappa shape index (κ1) is 46.8. The van der Waals surface area contributed by atoms with E-state index in [9.17, 15) is 10.2 Å². The van der Waals surface area contributed by atoms with Gasteiger partial charge in [0.05, 0.1) is 60.8 Å². The second-order valence-corrected chi connectivity index (χ2v) is 13.8. The van der Waals surface area contributed by atoms with Gasteiger partial charge in [-0.3, -0.25) is 0 Å². The molecule has 308 valence electrons. The summed E-state index contributed by atoms with van der Waals surface area (Å²) in [7, 11) is 6.84. The Morgan fingerprint density at radius 3 is 1.31 bits per heavy atom. The SMILES string of the molecule is CCNCC1CCC(N)C(OC2C(N)CC(OC)C(NC)C2O)O1.CCNCC1CCC(N)C(OC2C(N)CC(OC)C(NC)C2O)O1.O=C(O)O. The minimum absolute atomic E-state index is 0.0681. The molecule has 19 heteroatoms. The number of hydrogen-bond donors (Lipinski definition) is 12. The number of aliphatic hydroxyl groups is 2. The van der Waals surface area contributed by atoms with E-state index in [-0.39, 0.29) is 60.7 Å². The maximum Gasteiger partial charge on any atom is 0.503 e. The molecule has 52 heavy (non-hydrogen) atoms. The van der Waals surface area contributed by atoms with Crippen LogP contribution >= 0.6 is 0 Å². The number of nitrogens with two attached hydrogens (primary N) is 4. The average Bonchev–Trinajstić information content (AvgIpc) is 3.11. The Morgan fingerprint density at radius 1 is 0.673 bits per heavy atom. The summed E-state index contributed by atoms with van der Waals surface area (Å²) in [5.74, 6) is 0. The summed E-state index contributed by atoms with van der Waals surface area (Å²) in [5, 5.41) is 48.0. The van der Waals surface area contributed by atoms with Gasteiger partial charge in [0.2, 0.25) is 0 Å². The van der Waals surface area contributed by atoms with E-state index >= 15 is 0 Å². The number of carboxylic acid groups (broad SMARTS) is 2. The van der Waals surface area contributed by atoms with E-state index in [1.165, 1.54) is 0 Å². The molecule has 19 nitrogen and oxygen atoms in total. The molecule has 0 aromatic rings. The van der Waals surface area contributed by atoms with E-state index in [2.05, 4.69) is 35.1 Å². The highest BCUT2D eigenvalue weighted by molar-refractivity contribution is 5.53. The van der Waals surface area contributed by atoms with Crippen LogP contribution in [0, 0.1) is 0 Å². The van der Waals surface area contributed by atoms with Gasteiger partial charge in [-0.05, 0) is 65.7 Å². The van der Waals surface area contributed by atoms with E-state index < -0.39 is 43.2 Å². The van der Waals surface area contributed by atoms with Gasteiger partial charge in [-0.1, -0.05) is 13.8 Å². The van der Waals surface area contributed by atoms with Gasteiger partial charge in [-0.15, -0.1) is 0 Å². The number of methoxy groups -OCH3 is 2. The molecule has 2 aliphatic carbocycles. The lowest BCUT2D eigenvalue weighted by molar-refractivity contribution is -0.250. The van der Waals surface area contributed by atoms with Crippen molar-refractivity contribution in [1.29, 1.82) is 0 Å². The van der Waals surface area contributed by atoms with E-state index in [1.54, 1.807) is 28.3 Å². The molecule has 2 aliphatic heterocycles.